The predicted octanol–water partition coefficient (Wildman–Crippen LogP) is 1.40. The second-order valence-electron chi connectivity index (χ2n) is 3.78. The van der Waals surface area contributed by atoms with Gasteiger partial charge in [0.15, 0.2) is 0 Å². The van der Waals surface area contributed by atoms with E-state index in [2.05, 4.69) is 10.3 Å². The first-order valence-corrected chi connectivity index (χ1v) is 6.00. The Labute approximate surface area is 92.3 Å². The Bertz CT molecular complexity index is 504. The molecule has 3 heterocycles. The lowest BCUT2D eigenvalue weighted by Gasteiger charge is -2.13. The lowest BCUT2D eigenvalue weighted by atomic mass is 10.0. The first-order chi connectivity index (χ1) is 7.40. The Balaban J connectivity index is 2.33. The van der Waals surface area contributed by atoms with Crippen LogP contribution in [0.4, 0.5) is 0 Å². The molecule has 1 aliphatic heterocycles. The van der Waals surface area contributed by atoms with Crippen LogP contribution in [0, 0.1) is 0 Å². The number of hydrogen-bond donors (Lipinski definition) is 2. The van der Waals surface area contributed by atoms with E-state index in [1.165, 1.54) is 21.4 Å². The summed E-state index contributed by atoms with van der Waals surface area (Å²) in [7, 11) is 0. The number of nitrogens with one attached hydrogen (secondary N) is 1. The number of aromatic nitrogens is 1. The highest BCUT2D eigenvalue weighted by atomic mass is 32.1. The van der Waals surface area contributed by atoms with Crippen LogP contribution in [0.3, 0.4) is 0 Å². The zero-order valence-electron chi connectivity index (χ0n) is 8.42. The summed E-state index contributed by atoms with van der Waals surface area (Å²) >= 11 is 1.80. The minimum atomic E-state index is 0.607. The van der Waals surface area contributed by atoms with Crippen LogP contribution < -0.4 is 11.1 Å². The summed E-state index contributed by atoms with van der Waals surface area (Å²) in [4.78, 5) is 7.01. The van der Waals surface area contributed by atoms with Crippen molar-refractivity contribution in [2.75, 3.05) is 6.54 Å². The van der Waals surface area contributed by atoms with Gasteiger partial charge in [-0.05, 0) is 30.2 Å². The molecular formula is C11H13N3S. The number of pyridine rings is 1. The Hall–Kier alpha value is -0.970. The highest BCUT2D eigenvalue weighted by molar-refractivity contribution is 7.18. The first kappa shape index (κ1) is 9.27. The number of nitrogens with two attached hydrogens (primary N) is 1. The number of fused-ring (bicyclic) bond motifs is 3. The van der Waals surface area contributed by atoms with Gasteiger partial charge in [-0.15, -0.1) is 11.3 Å². The molecule has 1 aliphatic rings. The summed E-state index contributed by atoms with van der Waals surface area (Å²) in [5.41, 5.74) is 8.48. The molecule has 2 aromatic heterocycles. The SMILES string of the molecule is NCc1ccnc2sc3c(c12)CCNC3. The molecule has 0 unspecified atom stereocenters. The summed E-state index contributed by atoms with van der Waals surface area (Å²) in [5.74, 6) is 0. The molecule has 78 valence electrons. The Kier molecular flexibility index (Phi) is 2.20. The number of rotatable bonds is 1. The van der Waals surface area contributed by atoms with E-state index in [0.717, 1.165) is 24.3 Å². The van der Waals surface area contributed by atoms with E-state index in [1.807, 2.05) is 12.3 Å². The second-order valence-corrected chi connectivity index (χ2v) is 4.87. The highest BCUT2D eigenvalue weighted by Crippen LogP contribution is 2.33. The molecule has 0 bridgehead atoms. The van der Waals surface area contributed by atoms with Gasteiger partial charge in [0.25, 0.3) is 0 Å². The number of thiophene rings is 1. The third-order valence-corrected chi connectivity index (χ3v) is 4.06. The molecule has 4 heteroatoms. The summed E-state index contributed by atoms with van der Waals surface area (Å²) in [5, 5.41) is 4.71. The molecule has 0 aliphatic carbocycles. The number of nitrogens with zero attached hydrogens (tertiary/aromatic N) is 1. The van der Waals surface area contributed by atoms with Gasteiger partial charge in [0, 0.05) is 29.5 Å². The third-order valence-electron chi connectivity index (χ3n) is 2.92. The van der Waals surface area contributed by atoms with Gasteiger partial charge in [-0.1, -0.05) is 0 Å². The molecule has 15 heavy (non-hydrogen) atoms. The van der Waals surface area contributed by atoms with E-state index in [4.69, 9.17) is 5.73 Å². The fourth-order valence-corrected chi connectivity index (χ4v) is 3.40. The van der Waals surface area contributed by atoms with Crippen LogP contribution in [0.5, 0.6) is 0 Å². The van der Waals surface area contributed by atoms with Crippen LogP contribution >= 0.6 is 11.3 Å². The van der Waals surface area contributed by atoms with Crippen molar-refractivity contribution >= 4 is 21.6 Å². The second kappa shape index (κ2) is 3.56. The van der Waals surface area contributed by atoms with Crippen molar-refractivity contribution in [1.82, 2.24) is 10.3 Å². The zero-order valence-corrected chi connectivity index (χ0v) is 9.23. The van der Waals surface area contributed by atoms with Gasteiger partial charge >= 0.3 is 0 Å². The Morgan fingerprint density at radius 1 is 1.53 bits per heavy atom. The van der Waals surface area contributed by atoms with Gasteiger partial charge in [0.2, 0.25) is 0 Å². The lowest BCUT2D eigenvalue weighted by Crippen LogP contribution is -2.22. The maximum absolute atomic E-state index is 5.77. The zero-order chi connectivity index (χ0) is 10.3. The molecule has 0 atom stereocenters. The maximum Gasteiger partial charge on any atom is 0.124 e. The quantitative estimate of drug-likeness (QED) is 0.762. The van der Waals surface area contributed by atoms with E-state index in [-0.39, 0.29) is 0 Å². The van der Waals surface area contributed by atoms with Crippen molar-refractivity contribution in [1.29, 1.82) is 0 Å². The summed E-state index contributed by atoms with van der Waals surface area (Å²) < 4.78 is 0. The van der Waals surface area contributed by atoms with Gasteiger partial charge in [-0.25, -0.2) is 4.98 Å². The van der Waals surface area contributed by atoms with Crippen molar-refractivity contribution < 1.29 is 0 Å². The molecule has 3 rings (SSSR count). The molecule has 0 aromatic carbocycles. The summed E-state index contributed by atoms with van der Waals surface area (Å²) in [6, 6.07) is 2.04. The number of hydrogen-bond acceptors (Lipinski definition) is 4. The van der Waals surface area contributed by atoms with Gasteiger partial charge in [-0.3, -0.25) is 0 Å². The fraction of sp³-hybridized carbons (Fsp3) is 0.364. The van der Waals surface area contributed by atoms with Crippen LogP contribution in [0.15, 0.2) is 12.3 Å². The molecule has 2 aromatic rings. The largest absolute Gasteiger partial charge is 0.326 e. The van der Waals surface area contributed by atoms with Gasteiger partial charge in [0.05, 0.1) is 0 Å². The van der Waals surface area contributed by atoms with Crippen LogP contribution in [0.25, 0.3) is 10.2 Å². The van der Waals surface area contributed by atoms with Crippen LogP contribution in [-0.2, 0) is 19.5 Å². The van der Waals surface area contributed by atoms with Crippen molar-refractivity contribution in [2.45, 2.75) is 19.5 Å². The summed E-state index contributed by atoms with van der Waals surface area (Å²) in [6.07, 6.45) is 2.97. The fourth-order valence-electron chi connectivity index (χ4n) is 2.19. The standard InChI is InChI=1S/C11H13N3S/c12-5-7-1-4-14-11-10(7)8-2-3-13-6-9(8)15-11/h1,4,13H,2-3,5-6,12H2. The van der Waals surface area contributed by atoms with Crippen LogP contribution in [0.1, 0.15) is 16.0 Å². The molecule has 3 nitrogen and oxygen atoms in total. The maximum atomic E-state index is 5.77. The predicted molar refractivity (Wildman–Crippen MR) is 62.9 cm³/mol. The topological polar surface area (TPSA) is 50.9 Å². The van der Waals surface area contributed by atoms with Crippen molar-refractivity contribution in [3.05, 3.63) is 28.3 Å². The van der Waals surface area contributed by atoms with Crippen molar-refractivity contribution in [3.63, 3.8) is 0 Å². The minimum absolute atomic E-state index is 0.607. The molecule has 0 spiro atoms. The molecular weight excluding hydrogens is 206 g/mol. The molecule has 0 fully saturated rings. The minimum Gasteiger partial charge on any atom is -0.326 e. The van der Waals surface area contributed by atoms with E-state index in [0.29, 0.717) is 6.54 Å². The average molecular weight is 219 g/mol. The molecule has 3 N–H and O–H groups in total. The van der Waals surface area contributed by atoms with Crippen molar-refractivity contribution in [2.24, 2.45) is 5.73 Å². The molecule has 0 amide bonds. The van der Waals surface area contributed by atoms with Crippen molar-refractivity contribution in [3.8, 4) is 0 Å². The van der Waals surface area contributed by atoms with E-state index >= 15 is 0 Å². The molecule has 0 radical (unpaired) electrons. The Morgan fingerprint density at radius 3 is 3.33 bits per heavy atom. The van der Waals surface area contributed by atoms with Crippen LogP contribution in [0.2, 0.25) is 0 Å². The molecule has 0 saturated carbocycles. The van der Waals surface area contributed by atoms with Gasteiger partial charge in [-0.2, -0.15) is 0 Å². The third kappa shape index (κ3) is 1.37. The normalized spacial score (nSPS) is 15.5. The van der Waals surface area contributed by atoms with Gasteiger partial charge < -0.3 is 11.1 Å². The lowest BCUT2D eigenvalue weighted by molar-refractivity contribution is 0.657. The monoisotopic (exact) mass is 219 g/mol. The average Bonchev–Trinajstić information content (AvgIpc) is 2.67. The van der Waals surface area contributed by atoms with E-state index < -0.39 is 0 Å². The first-order valence-electron chi connectivity index (χ1n) is 5.19. The summed E-state index contributed by atoms with van der Waals surface area (Å²) in [6.45, 7) is 2.66. The smallest absolute Gasteiger partial charge is 0.124 e. The van der Waals surface area contributed by atoms with Gasteiger partial charge in [0.1, 0.15) is 4.83 Å². The highest BCUT2D eigenvalue weighted by Gasteiger charge is 2.17. The van der Waals surface area contributed by atoms with E-state index in [9.17, 15) is 0 Å². The van der Waals surface area contributed by atoms with Crippen LogP contribution in [-0.4, -0.2) is 11.5 Å². The Morgan fingerprint density at radius 2 is 2.47 bits per heavy atom. The molecule has 0 saturated heterocycles. The van der Waals surface area contributed by atoms with E-state index in [1.54, 1.807) is 11.3 Å².